The van der Waals surface area contributed by atoms with Crippen LogP contribution in [0.15, 0.2) is 0 Å². The second-order valence-electron chi connectivity index (χ2n) is 6.21. The summed E-state index contributed by atoms with van der Waals surface area (Å²) in [7, 11) is 2.05. The van der Waals surface area contributed by atoms with Gasteiger partial charge in [0.2, 0.25) is 0 Å². The van der Waals surface area contributed by atoms with Gasteiger partial charge in [-0.1, -0.05) is 0 Å². The van der Waals surface area contributed by atoms with E-state index in [1.165, 1.54) is 32.2 Å². The Kier molecular flexibility index (Phi) is 3.89. The maximum Gasteiger partial charge on any atom is 0.0730 e. The molecule has 2 saturated heterocycles. The van der Waals surface area contributed by atoms with Crippen LogP contribution in [0.2, 0.25) is 0 Å². The predicted molar refractivity (Wildman–Crippen MR) is 70.7 cm³/mol. The Morgan fingerprint density at radius 1 is 1.33 bits per heavy atom. The number of nitrogens with one attached hydrogen (secondary N) is 1. The monoisotopic (exact) mass is 254 g/mol. The first-order valence-corrected chi connectivity index (χ1v) is 7.41. The number of rotatable bonds is 4. The van der Waals surface area contributed by atoms with Crippen molar-refractivity contribution in [2.45, 2.75) is 37.8 Å². The van der Waals surface area contributed by atoms with Gasteiger partial charge < -0.3 is 14.8 Å². The lowest BCUT2D eigenvalue weighted by Crippen LogP contribution is -2.54. The molecule has 0 aromatic heterocycles. The zero-order valence-electron chi connectivity index (χ0n) is 11.5. The summed E-state index contributed by atoms with van der Waals surface area (Å²) in [5, 5.41) is 3.36. The van der Waals surface area contributed by atoms with Crippen LogP contribution in [0, 0.1) is 5.41 Å². The van der Waals surface area contributed by atoms with Crippen molar-refractivity contribution in [2.24, 2.45) is 5.41 Å². The van der Waals surface area contributed by atoms with Crippen molar-refractivity contribution in [3.8, 4) is 0 Å². The van der Waals surface area contributed by atoms with Crippen LogP contribution in [0.5, 0.6) is 0 Å². The van der Waals surface area contributed by atoms with Gasteiger partial charge >= 0.3 is 0 Å². The second kappa shape index (κ2) is 5.45. The first-order valence-electron chi connectivity index (χ1n) is 7.41. The number of morpholine rings is 1. The maximum absolute atomic E-state index is 5.90. The zero-order valence-corrected chi connectivity index (χ0v) is 11.5. The number of hydrogen-bond donors (Lipinski definition) is 1. The minimum absolute atomic E-state index is 0.333. The summed E-state index contributed by atoms with van der Waals surface area (Å²) < 4.78 is 11.6. The van der Waals surface area contributed by atoms with E-state index in [1.54, 1.807) is 0 Å². The van der Waals surface area contributed by atoms with Crippen LogP contribution < -0.4 is 5.32 Å². The Morgan fingerprint density at radius 2 is 2.28 bits per heavy atom. The van der Waals surface area contributed by atoms with E-state index in [4.69, 9.17) is 9.47 Å². The molecule has 3 unspecified atom stereocenters. The molecule has 3 fully saturated rings. The summed E-state index contributed by atoms with van der Waals surface area (Å²) in [5.74, 6) is 0. The highest BCUT2D eigenvalue weighted by Gasteiger charge is 2.42. The fraction of sp³-hybridized carbons (Fsp3) is 1.00. The molecule has 4 nitrogen and oxygen atoms in total. The SMILES string of the molecule is CNCC1(CN2CCOC3CCCC32)CCOC1. The molecule has 3 aliphatic rings. The van der Waals surface area contributed by atoms with Crippen LogP contribution >= 0.6 is 0 Å². The zero-order chi connectivity index (χ0) is 12.4. The molecule has 104 valence electrons. The fourth-order valence-corrected chi connectivity index (χ4v) is 3.98. The third kappa shape index (κ3) is 2.44. The predicted octanol–water partition coefficient (Wildman–Crippen LogP) is 0.866. The standard InChI is InChI=1S/C14H26N2O2/c1-15-9-14(5-7-17-11-14)10-16-6-8-18-13-4-2-3-12(13)16/h12-13,15H,2-11H2,1H3. The molecule has 3 atom stereocenters. The molecule has 4 heteroatoms. The van der Waals surface area contributed by atoms with E-state index in [2.05, 4.69) is 17.3 Å². The molecule has 0 bridgehead atoms. The number of hydrogen-bond acceptors (Lipinski definition) is 4. The minimum Gasteiger partial charge on any atom is -0.381 e. The van der Waals surface area contributed by atoms with E-state index in [-0.39, 0.29) is 0 Å². The first-order chi connectivity index (χ1) is 8.83. The lowest BCUT2D eigenvalue weighted by Gasteiger charge is -2.42. The van der Waals surface area contributed by atoms with Gasteiger partial charge in [-0.2, -0.15) is 0 Å². The third-order valence-electron chi connectivity index (χ3n) is 4.87. The van der Waals surface area contributed by atoms with Gasteiger partial charge in [0, 0.05) is 37.7 Å². The van der Waals surface area contributed by atoms with Crippen LogP contribution in [-0.2, 0) is 9.47 Å². The molecular formula is C14H26N2O2. The second-order valence-corrected chi connectivity index (χ2v) is 6.21. The lowest BCUT2D eigenvalue weighted by molar-refractivity contribution is -0.0690. The molecule has 2 heterocycles. The molecule has 1 N–H and O–H groups in total. The minimum atomic E-state index is 0.333. The Bertz CT molecular complexity index is 279. The highest BCUT2D eigenvalue weighted by Crippen LogP contribution is 2.35. The molecular weight excluding hydrogens is 228 g/mol. The summed E-state index contributed by atoms with van der Waals surface area (Å²) in [5.41, 5.74) is 0.333. The van der Waals surface area contributed by atoms with Crippen LogP contribution in [-0.4, -0.2) is 63.5 Å². The average molecular weight is 254 g/mol. The van der Waals surface area contributed by atoms with Crippen molar-refractivity contribution < 1.29 is 9.47 Å². The molecule has 0 radical (unpaired) electrons. The van der Waals surface area contributed by atoms with Gasteiger partial charge in [0.05, 0.1) is 19.3 Å². The van der Waals surface area contributed by atoms with E-state index in [1.807, 2.05) is 0 Å². The van der Waals surface area contributed by atoms with Crippen molar-refractivity contribution in [3.63, 3.8) is 0 Å². The Hall–Kier alpha value is -0.160. The lowest BCUT2D eigenvalue weighted by atomic mass is 9.85. The maximum atomic E-state index is 5.90. The molecule has 0 aromatic carbocycles. The van der Waals surface area contributed by atoms with Crippen molar-refractivity contribution in [1.82, 2.24) is 10.2 Å². The Labute approximate surface area is 110 Å². The van der Waals surface area contributed by atoms with Gasteiger partial charge in [0.25, 0.3) is 0 Å². The van der Waals surface area contributed by atoms with Gasteiger partial charge in [-0.25, -0.2) is 0 Å². The largest absolute Gasteiger partial charge is 0.381 e. The normalized spacial score (nSPS) is 41.2. The van der Waals surface area contributed by atoms with Crippen molar-refractivity contribution in [1.29, 1.82) is 0 Å². The van der Waals surface area contributed by atoms with E-state index in [9.17, 15) is 0 Å². The molecule has 0 spiro atoms. The molecule has 1 aliphatic carbocycles. The van der Waals surface area contributed by atoms with Gasteiger partial charge in [-0.15, -0.1) is 0 Å². The van der Waals surface area contributed by atoms with Crippen molar-refractivity contribution in [3.05, 3.63) is 0 Å². The summed E-state index contributed by atoms with van der Waals surface area (Å²) in [6, 6.07) is 0.674. The van der Waals surface area contributed by atoms with Gasteiger partial charge in [0.15, 0.2) is 0 Å². The number of ether oxygens (including phenoxy) is 2. The highest BCUT2D eigenvalue weighted by molar-refractivity contribution is 4.95. The van der Waals surface area contributed by atoms with E-state index in [0.717, 1.165) is 32.9 Å². The van der Waals surface area contributed by atoms with E-state index >= 15 is 0 Å². The van der Waals surface area contributed by atoms with Crippen LogP contribution in [0.25, 0.3) is 0 Å². The summed E-state index contributed by atoms with van der Waals surface area (Å²) in [4.78, 5) is 2.69. The first kappa shape index (κ1) is 12.9. The van der Waals surface area contributed by atoms with E-state index < -0.39 is 0 Å². The number of nitrogens with zero attached hydrogens (tertiary/aromatic N) is 1. The molecule has 18 heavy (non-hydrogen) atoms. The summed E-state index contributed by atoms with van der Waals surface area (Å²) in [6.07, 6.45) is 5.62. The van der Waals surface area contributed by atoms with Crippen LogP contribution in [0.3, 0.4) is 0 Å². The highest BCUT2D eigenvalue weighted by atomic mass is 16.5. The molecule has 0 aromatic rings. The molecule has 3 rings (SSSR count). The fourth-order valence-electron chi connectivity index (χ4n) is 3.98. The summed E-state index contributed by atoms with van der Waals surface area (Å²) >= 11 is 0. The van der Waals surface area contributed by atoms with Crippen LogP contribution in [0.1, 0.15) is 25.7 Å². The van der Waals surface area contributed by atoms with Gasteiger partial charge in [-0.3, -0.25) is 4.90 Å². The van der Waals surface area contributed by atoms with E-state index in [0.29, 0.717) is 17.6 Å². The molecule has 0 amide bonds. The summed E-state index contributed by atoms with van der Waals surface area (Å²) in [6.45, 7) is 6.12. The van der Waals surface area contributed by atoms with Crippen molar-refractivity contribution >= 4 is 0 Å². The topological polar surface area (TPSA) is 33.7 Å². The third-order valence-corrected chi connectivity index (χ3v) is 4.87. The molecule has 1 saturated carbocycles. The Balaban J connectivity index is 1.66. The smallest absolute Gasteiger partial charge is 0.0730 e. The number of fused-ring (bicyclic) bond motifs is 1. The van der Waals surface area contributed by atoms with Gasteiger partial charge in [-0.05, 0) is 32.7 Å². The average Bonchev–Trinajstić information content (AvgIpc) is 2.99. The van der Waals surface area contributed by atoms with Crippen molar-refractivity contribution in [2.75, 3.05) is 46.5 Å². The van der Waals surface area contributed by atoms with Gasteiger partial charge in [0.1, 0.15) is 0 Å². The Morgan fingerprint density at radius 3 is 3.06 bits per heavy atom. The quantitative estimate of drug-likeness (QED) is 0.807. The molecule has 2 aliphatic heterocycles. The van der Waals surface area contributed by atoms with Crippen LogP contribution in [0.4, 0.5) is 0 Å².